The molecule has 2 aromatic carbocycles. The summed E-state index contributed by atoms with van der Waals surface area (Å²) in [5.74, 6) is -1.99. The quantitative estimate of drug-likeness (QED) is 0.130. The Morgan fingerprint density at radius 2 is 1.47 bits per heavy atom. The minimum atomic E-state index is -1.08. The van der Waals surface area contributed by atoms with Gasteiger partial charge in [0.15, 0.2) is 0 Å². The van der Waals surface area contributed by atoms with Gasteiger partial charge in [-0.15, -0.1) is 4.99 Å². The van der Waals surface area contributed by atoms with Crippen molar-refractivity contribution in [2.75, 3.05) is 20.3 Å². The summed E-state index contributed by atoms with van der Waals surface area (Å²) in [6.07, 6.45) is -0.956. The van der Waals surface area contributed by atoms with Gasteiger partial charge in [-0.05, 0) is 89.0 Å². The Morgan fingerprint density at radius 1 is 0.863 bits per heavy atom. The van der Waals surface area contributed by atoms with Crippen molar-refractivity contribution < 1.29 is 42.9 Å². The Kier molecular flexibility index (Phi) is 12.7. The van der Waals surface area contributed by atoms with E-state index in [4.69, 9.17) is 18.9 Å². The molecule has 1 fully saturated rings. The summed E-state index contributed by atoms with van der Waals surface area (Å²) in [6.45, 7) is 10.3. The summed E-state index contributed by atoms with van der Waals surface area (Å²) in [6, 6.07) is 14.0. The number of alkyl carbamates (subject to hydrolysis) is 2. The second-order valence-corrected chi connectivity index (χ2v) is 14.5. The van der Waals surface area contributed by atoms with Gasteiger partial charge in [-0.1, -0.05) is 55.0 Å². The summed E-state index contributed by atoms with van der Waals surface area (Å²) in [4.78, 5) is 68.3. The number of benzene rings is 2. The molecule has 0 saturated carbocycles. The highest BCUT2D eigenvalue weighted by molar-refractivity contribution is 5.99. The fourth-order valence-electron chi connectivity index (χ4n) is 6.14. The van der Waals surface area contributed by atoms with E-state index < -0.39 is 59.4 Å². The lowest BCUT2D eigenvalue weighted by Gasteiger charge is -2.31. The van der Waals surface area contributed by atoms with Gasteiger partial charge in [0.25, 0.3) is 0 Å². The van der Waals surface area contributed by atoms with Crippen molar-refractivity contribution in [1.82, 2.24) is 21.3 Å². The summed E-state index contributed by atoms with van der Waals surface area (Å²) in [7, 11) is 1.25. The third kappa shape index (κ3) is 11.2. The summed E-state index contributed by atoms with van der Waals surface area (Å²) < 4.78 is 21.2. The number of amides is 4. The van der Waals surface area contributed by atoms with Gasteiger partial charge in [-0.25, -0.2) is 19.2 Å². The van der Waals surface area contributed by atoms with Crippen LogP contribution in [0.1, 0.15) is 84.3 Å². The number of nitrogens with zero attached hydrogens (tertiary/aromatic N) is 1. The highest BCUT2D eigenvalue weighted by Gasteiger charge is 2.36. The summed E-state index contributed by atoms with van der Waals surface area (Å²) in [5, 5.41) is 10.8. The van der Waals surface area contributed by atoms with Crippen molar-refractivity contribution >= 4 is 36.1 Å². The summed E-state index contributed by atoms with van der Waals surface area (Å²) >= 11 is 0. The molecule has 1 aliphatic heterocycles. The number of hydrogen-bond donors (Lipinski definition) is 4. The lowest BCUT2D eigenvalue weighted by atomic mass is 9.87. The zero-order valence-electron chi connectivity index (χ0n) is 30.3. The van der Waals surface area contributed by atoms with Crippen LogP contribution in [0, 0.1) is 5.92 Å². The van der Waals surface area contributed by atoms with Crippen molar-refractivity contribution in [3.8, 4) is 11.1 Å². The van der Waals surface area contributed by atoms with Gasteiger partial charge in [-0.2, -0.15) is 0 Å². The Hall–Kier alpha value is -5.14. The molecule has 14 heteroatoms. The molecular formula is C37H49N5O9. The molecule has 0 radical (unpaired) electrons. The van der Waals surface area contributed by atoms with Crippen molar-refractivity contribution in [3.63, 3.8) is 0 Å². The minimum absolute atomic E-state index is 0.0476. The van der Waals surface area contributed by atoms with Crippen LogP contribution in [0.3, 0.4) is 0 Å². The number of ether oxygens (including phenoxy) is 4. The molecule has 51 heavy (non-hydrogen) atoms. The van der Waals surface area contributed by atoms with Crippen molar-refractivity contribution in [2.24, 2.45) is 10.9 Å². The molecule has 2 aliphatic rings. The third-order valence-electron chi connectivity index (χ3n) is 8.26. The number of aliphatic imine (C=N–C) groups is 1. The molecule has 0 spiro atoms. The van der Waals surface area contributed by atoms with Crippen LogP contribution in [0.4, 0.5) is 14.4 Å². The molecule has 2 aromatic rings. The fourth-order valence-corrected chi connectivity index (χ4v) is 6.14. The first-order chi connectivity index (χ1) is 24.0. The molecule has 1 heterocycles. The topological polar surface area (TPSA) is 183 Å². The SMILES string of the molecule is COC(=O)C1CCCC(CCNC(=NC(=O)OC(C)(C)C)NC(=O)OC(C)(C)C)C(NC(=O)OCC2c3ccccc3-c3ccccc32)C(=O)N1. The second kappa shape index (κ2) is 16.7. The fraction of sp³-hybridized carbons (Fsp3) is 0.514. The molecule has 4 rings (SSSR count). The van der Waals surface area contributed by atoms with Crippen LogP contribution in [0.5, 0.6) is 0 Å². The van der Waals surface area contributed by atoms with E-state index in [2.05, 4.69) is 26.3 Å². The van der Waals surface area contributed by atoms with E-state index in [1.165, 1.54) is 7.11 Å². The molecule has 3 unspecified atom stereocenters. The number of nitrogens with one attached hydrogen (secondary N) is 4. The highest BCUT2D eigenvalue weighted by atomic mass is 16.6. The number of fused-ring (bicyclic) bond motifs is 3. The molecule has 3 atom stereocenters. The van der Waals surface area contributed by atoms with Crippen molar-refractivity contribution in [2.45, 2.75) is 96.4 Å². The van der Waals surface area contributed by atoms with Crippen LogP contribution in [0.15, 0.2) is 53.5 Å². The van der Waals surface area contributed by atoms with E-state index in [0.29, 0.717) is 19.3 Å². The maximum atomic E-state index is 13.6. The van der Waals surface area contributed by atoms with Gasteiger partial charge in [-0.3, -0.25) is 10.1 Å². The first-order valence-electron chi connectivity index (χ1n) is 17.1. The number of carbonyl (C=O) groups is 5. The number of guanidine groups is 1. The van der Waals surface area contributed by atoms with Gasteiger partial charge in [0.1, 0.15) is 29.9 Å². The average Bonchev–Trinajstić information content (AvgIpc) is 3.35. The molecule has 276 valence electrons. The molecular weight excluding hydrogens is 658 g/mol. The lowest BCUT2D eigenvalue weighted by Crippen LogP contribution is -2.56. The van der Waals surface area contributed by atoms with Gasteiger partial charge in [0.2, 0.25) is 11.9 Å². The van der Waals surface area contributed by atoms with Crippen LogP contribution in [-0.2, 0) is 28.5 Å². The zero-order chi connectivity index (χ0) is 37.3. The van der Waals surface area contributed by atoms with Crippen LogP contribution >= 0.6 is 0 Å². The predicted octanol–water partition coefficient (Wildman–Crippen LogP) is 5.15. The molecule has 0 aromatic heterocycles. The number of hydrogen-bond acceptors (Lipinski definition) is 9. The van der Waals surface area contributed by atoms with E-state index >= 15 is 0 Å². The second-order valence-electron chi connectivity index (χ2n) is 14.5. The number of rotatable bonds is 7. The van der Waals surface area contributed by atoms with Gasteiger partial charge < -0.3 is 34.9 Å². The van der Waals surface area contributed by atoms with Crippen LogP contribution in [-0.4, -0.2) is 79.7 Å². The largest absolute Gasteiger partial charge is 0.467 e. The van der Waals surface area contributed by atoms with E-state index in [1.807, 2.05) is 48.5 Å². The first kappa shape index (κ1) is 38.7. The van der Waals surface area contributed by atoms with Crippen molar-refractivity contribution in [1.29, 1.82) is 0 Å². The highest BCUT2D eigenvalue weighted by Crippen LogP contribution is 2.44. The van der Waals surface area contributed by atoms with E-state index in [9.17, 15) is 24.0 Å². The number of carbonyl (C=O) groups excluding carboxylic acids is 5. The van der Waals surface area contributed by atoms with Gasteiger partial charge in [0.05, 0.1) is 7.11 Å². The van der Waals surface area contributed by atoms with Crippen molar-refractivity contribution in [3.05, 3.63) is 59.7 Å². The number of methoxy groups -OCH3 is 1. The predicted molar refractivity (Wildman–Crippen MR) is 189 cm³/mol. The Morgan fingerprint density at radius 3 is 2.06 bits per heavy atom. The minimum Gasteiger partial charge on any atom is -0.467 e. The van der Waals surface area contributed by atoms with Crippen LogP contribution in [0.2, 0.25) is 0 Å². The van der Waals surface area contributed by atoms with E-state index in [1.54, 1.807) is 41.5 Å². The van der Waals surface area contributed by atoms with Gasteiger partial charge >= 0.3 is 24.2 Å². The first-order valence-corrected chi connectivity index (χ1v) is 17.1. The van der Waals surface area contributed by atoms with E-state index in [-0.39, 0.29) is 31.4 Å². The summed E-state index contributed by atoms with van der Waals surface area (Å²) in [5.41, 5.74) is 2.61. The normalized spacial score (nSPS) is 19.2. The molecule has 0 bridgehead atoms. The molecule has 14 nitrogen and oxygen atoms in total. The Labute approximate surface area is 298 Å². The molecule has 4 N–H and O–H groups in total. The smallest absolute Gasteiger partial charge is 0.437 e. The zero-order valence-corrected chi connectivity index (χ0v) is 30.3. The lowest BCUT2D eigenvalue weighted by molar-refractivity contribution is -0.146. The molecule has 1 aliphatic carbocycles. The van der Waals surface area contributed by atoms with E-state index in [0.717, 1.165) is 22.3 Å². The third-order valence-corrected chi connectivity index (χ3v) is 8.26. The number of esters is 1. The van der Waals surface area contributed by atoms with Gasteiger partial charge in [0, 0.05) is 12.5 Å². The molecule has 4 amide bonds. The van der Waals surface area contributed by atoms with Crippen LogP contribution < -0.4 is 21.3 Å². The Bertz CT molecular complexity index is 1580. The maximum Gasteiger partial charge on any atom is 0.437 e. The molecule has 1 saturated heterocycles. The average molecular weight is 708 g/mol. The maximum absolute atomic E-state index is 13.6. The Balaban J connectivity index is 1.48. The van der Waals surface area contributed by atoms with Crippen LogP contribution in [0.25, 0.3) is 11.1 Å². The standard InChI is InChI=1S/C37H49N5O9/c1-36(2,3)50-34(46)41-32(42-35(47)51-37(4,5)6)38-20-19-22-13-12-18-28(31(44)48-7)39-30(43)29(22)40-33(45)49-21-27-25-16-10-8-14-23(25)24-15-9-11-17-26(24)27/h8-11,14-17,22,27-29H,12-13,18-21H2,1-7H3,(H,39,43)(H,40,45)(H2,38,41,42,46,47). The monoisotopic (exact) mass is 707 g/mol.